The van der Waals surface area contributed by atoms with Crippen LogP contribution >= 0.6 is 0 Å². The molecular weight excluding hydrogens is 321 g/mol. The Morgan fingerprint density at radius 3 is 2.48 bits per heavy atom. The lowest BCUT2D eigenvalue weighted by Gasteiger charge is -2.15. The zero-order valence-corrected chi connectivity index (χ0v) is 11.4. The van der Waals surface area contributed by atoms with Gasteiger partial charge in [-0.05, 0) is 30.5 Å². The van der Waals surface area contributed by atoms with Gasteiger partial charge in [0.2, 0.25) is 5.91 Å². The number of carbonyl (C=O) groups excluding carboxylic acids is 1. The number of amides is 2. The first-order chi connectivity index (χ1) is 10.6. The van der Waals surface area contributed by atoms with E-state index in [-0.39, 0.29) is 23.3 Å². The SMILES string of the molecule is O=C(O)[C@@H]1CC(Cc2ccnc(C(F)(F)F)c2)C(=O)N1C(=O)O. The van der Waals surface area contributed by atoms with Gasteiger partial charge in [-0.25, -0.2) is 14.5 Å². The molecule has 10 heteroatoms. The molecule has 2 heterocycles. The Kier molecular flexibility index (Phi) is 4.26. The molecule has 0 spiro atoms. The van der Waals surface area contributed by atoms with E-state index in [9.17, 15) is 27.6 Å². The standard InChI is InChI=1S/C13H11F3N2O5/c14-13(15,16)9-4-6(1-2-17-9)3-7-5-8(11(20)21)18(10(7)19)12(22)23/h1-2,4,7-8H,3,5H2,(H,20,21)(H,22,23)/t7?,8-/m0/s1. The number of imide groups is 1. The van der Waals surface area contributed by atoms with Gasteiger partial charge in [-0.1, -0.05) is 0 Å². The van der Waals surface area contributed by atoms with E-state index in [0.717, 1.165) is 12.3 Å². The van der Waals surface area contributed by atoms with Crippen molar-refractivity contribution in [3.05, 3.63) is 29.6 Å². The van der Waals surface area contributed by atoms with Crippen molar-refractivity contribution in [1.29, 1.82) is 0 Å². The first-order valence-electron chi connectivity index (χ1n) is 6.42. The lowest BCUT2D eigenvalue weighted by atomic mass is 9.96. The van der Waals surface area contributed by atoms with Crippen LogP contribution in [0.4, 0.5) is 18.0 Å². The third kappa shape index (κ3) is 3.41. The summed E-state index contributed by atoms with van der Waals surface area (Å²) in [7, 11) is 0. The minimum Gasteiger partial charge on any atom is -0.480 e. The Labute approximate surface area is 127 Å². The van der Waals surface area contributed by atoms with Gasteiger partial charge in [0.05, 0.1) is 0 Å². The maximum Gasteiger partial charge on any atom is 0.433 e. The topological polar surface area (TPSA) is 108 Å². The fraction of sp³-hybridized carbons (Fsp3) is 0.385. The lowest BCUT2D eigenvalue weighted by molar-refractivity contribution is -0.145. The number of aromatic nitrogens is 1. The molecule has 2 rings (SSSR count). The van der Waals surface area contributed by atoms with Gasteiger partial charge < -0.3 is 10.2 Å². The van der Waals surface area contributed by atoms with Crippen LogP contribution in [0.1, 0.15) is 17.7 Å². The van der Waals surface area contributed by atoms with Gasteiger partial charge >= 0.3 is 18.2 Å². The van der Waals surface area contributed by atoms with Crippen molar-refractivity contribution in [3.63, 3.8) is 0 Å². The second-order valence-electron chi connectivity index (χ2n) is 5.03. The molecule has 1 aromatic rings. The van der Waals surface area contributed by atoms with E-state index in [1.165, 1.54) is 6.07 Å². The largest absolute Gasteiger partial charge is 0.480 e. The molecular formula is C13H11F3N2O5. The summed E-state index contributed by atoms with van der Waals surface area (Å²) in [5, 5.41) is 17.9. The van der Waals surface area contributed by atoms with E-state index in [0.29, 0.717) is 0 Å². The number of rotatable bonds is 3. The Hall–Kier alpha value is -2.65. The maximum atomic E-state index is 12.6. The fourth-order valence-electron chi connectivity index (χ4n) is 2.48. The zero-order valence-electron chi connectivity index (χ0n) is 11.4. The highest BCUT2D eigenvalue weighted by Gasteiger charge is 2.46. The molecule has 1 aromatic heterocycles. The van der Waals surface area contributed by atoms with Crippen LogP contribution in [0.25, 0.3) is 0 Å². The molecule has 1 aliphatic heterocycles. The number of hydrogen-bond donors (Lipinski definition) is 2. The molecule has 0 radical (unpaired) electrons. The van der Waals surface area contributed by atoms with E-state index >= 15 is 0 Å². The van der Waals surface area contributed by atoms with Crippen molar-refractivity contribution in [2.45, 2.75) is 25.1 Å². The molecule has 2 N–H and O–H groups in total. The summed E-state index contributed by atoms with van der Waals surface area (Å²) in [6.45, 7) is 0. The van der Waals surface area contributed by atoms with Crippen molar-refractivity contribution in [3.8, 4) is 0 Å². The minimum absolute atomic E-state index is 0.127. The molecule has 1 fully saturated rings. The highest BCUT2D eigenvalue weighted by atomic mass is 19.4. The summed E-state index contributed by atoms with van der Waals surface area (Å²) in [5.74, 6) is -3.43. The van der Waals surface area contributed by atoms with Gasteiger partial charge in [-0.2, -0.15) is 13.2 Å². The molecule has 2 amide bonds. The number of aliphatic carboxylic acids is 1. The summed E-state index contributed by atoms with van der Waals surface area (Å²) < 4.78 is 37.8. The van der Waals surface area contributed by atoms with Gasteiger partial charge in [0.25, 0.3) is 0 Å². The number of carboxylic acids is 1. The molecule has 0 bridgehead atoms. The normalized spacial score (nSPS) is 21.5. The smallest absolute Gasteiger partial charge is 0.433 e. The predicted octanol–water partition coefficient (Wildman–Crippen LogP) is 1.62. The van der Waals surface area contributed by atoms with Crippen molar-refractivity contribution >= 4 is 18.0 Å². The average Bonchev–Trinajstić information content (AvgIpc) is 2.76. The van der Waals surface area contributed by atoms with Crippen molar-refractivity contribution in [1.82, 2.24) is 9.88 Å². The molecule has 1 aliphatic rings. The van der Waals surface area contributed by atoms with Crippen LogP contribution in [0.15, 0.2) is 18.3 Å². The average molecular weight is 332 g/mol. The van der Waals surface area contributed by atoms with E-state index in [4.69, 9.17) is 10.2 Å². The monoisotopic (exact) mass is 332 g/mol. The van der Waals surface area contributed by atoms with Gasteiger partial charge in [0.1, 0.15) is 11.7 Å². The molecule has 0 aliphatic carbocycles. The first kappa shape index (κ1) is 16.7. The van der Waals surface area contributed by atoms with E-state index in [1.807, 2.05) is 0 Å². The highest BCUT2D eigenvalue weighted by Crippen LogP contribution is 2.31. The molecule has 23 heavy (non-hydrogen) atoms. The Balaban J connectivity index is 2.22. The van der Waals surface area contributed by atoms with Gasteiger partial charge in [0.15, 0.2) is 0 Å². The molecule has 0 saturated carbocycles. The number of carboxylic acid groups (broad SMARTS) is 2. The molecule has 1 unspecified atom stereocenters. The summed E-state index contributed by atoms with van der Waals surface area (Å²) >= 11 is 0. The fourth-order valence-corrected chi connectivity index (χ4v) is 2.48. The number of likely N-dealkylation sites (tertiary alicyclic amines) is 1. The Bertz CT molecular complexity index is 661. The maximum absolute atomic E-state index is 12.6. The quantitative estimate of drug-likeness (QED) is 0.871. The van der Waals surface area contributed by atoms with Gasteiger partial charge in [-0.3, -0.25) is 9.78 Å². The van der Waals surface area contributed by atoms with Crippen molar-refractivity contribution in [2.75, 3.05) is 0 Å². The van der Waals surface area contributed by atoms with Crippen LogP contribution in [0.3, 0.4) is 0 Å². The molecule has 124 valence electrons. The summed E-state index contributed by atoms with van der Waals surface area (Å²) in [5.41, 5.74) is -1.01. The lowest BCUT2D eigenvalue weighted by Crippen LogP contribution is -2.42. The third-order valence-electron chi connectivity index (χ3n) is 3.49. The summed E-state index contributed by atoms with van der Waals surface area (Å²) in [6.07, 6.45) is -5.90. The van der Waals surface area contributed by atoms with E-state index < -0.39 is 41.8 Å². The number of hydrogen-bond acceptors (Lipinski definition) is 4. The minimum atomic E-state index is -4.65. The summed E-state index contributed by atoms with van der Waals surface area (Å²) in [4.78, 5) is 37.4. The van der Waals surface area contributed by atoms with Crippen molar-refractivity contribution < 1.29 is 37.8 Å². The van der Waals surface area contributed by atoms with Crippen LogP contribution in [-0.2, 0) is 22.2 Å². The predicted molar refractivity (Wildman–Crippen MR) is 67.3 cm³/mol. The number of pyridine rings is 1. The van der Waals surface area contributed by atoms with Gasteiger partial charge in [-0.15, -0.1) is 0 Å². The third-order valence-corrected chi connectivity index (χ3v) is 3.49. The number of carbonyl (C=O) groups is 3. The highest BCUT2D eigenvalue weighted by molar-refractivity contribution is 5.99. The molecule has 2 atom stereocenters. The van der Waals surface area contributed by atoms with Crippen LogP contribution in [0.2, 0.25) is 0 Å². The number of nitrogens with zero attached hydrogens (tertiary/aromatic N) is 2. The van der Waals surface area contributed by atoms with E-state index in [2.05, 4.69) is 4.98 Å². The Morgan fingerprint density at radius 2 is 2.00 bits per heavy atom. The first-order valence-corrected chi connectivity index (χ1v) is 6.42. The zero-order chi connectivity index (χ0) is 17.4. The van der Waals surface area contributed by atoms with E-state index in [1.54, 1.807) is 0 Å². The molecule has 7 nitrogen and oxygen atoms in total. The van der Waals surface area contributed by atoms with Crippen LogP contribution in [-0.4, -0.2) is 44.1 Å². The number of alkyl halides is 3. The Morgan fingerprint density at radius 1 is 1.35 bits per heavy atom. The van der Waals surface area contributed by atoms with Crippen LogP contribution in [0.5, 0.6) is 0 Å². The van der Waals surface area contributed by atoms with Crippen LogP contribution in [0, 0.1) is 5.92 Å². The molecule has 0 aromatic carbocycles. The second kappa shape index (κ2) is 5.86. The van der Waals surface area contributed by atoms with Crippen molar-refractivity contribution in [2.24, 2.45) is 5.92 Å². The van der Waals surface area contributed by atoms with Gasteiger partial charge in [0, 0.05) is 12.1 Å². The summed E-state index contributed by atoms with van der Waals surface area (Å²) in [6, 6.07) is 0.489. The van der Waals surface area contributed by atoms with Crippen LogP contribution < -0.4 is 0 Å². The molecule has 1 saturated heterocycles. The second-order valence-corrected chi connectivity index (χ2v) is 5.03. The number of halogens is 3.